The van der Waals surface area contributed by atoms with E-state index in [0.29, 0.717) is 0 Å². The molecule has 1 nitrogen and oxygen atoms in total. The molecule has 0 spiro atoms. The van der Waals surface area contributed by atoms with Gasteiger partial charge in [0.1, 0.15) is 11.5 Å². The van der Waals surface area contributed by atoms with Crippen LogP contribution in [0.4, 0.5) is 0 Å². The van der Waals surface area contributed by atoms with Crippen molar-refractivity contribution in [1.82, 2.24) is 0 Å². The maximum absolute atomic E-state index is 6.51. The normalized spacial score (nSPS) is 16.2. The van der Waals surface area contributed by atoms with Crippen molar-refractivity contribution in [2.24, 2.45) is 0 Å². The molecule has 1 atom stereocenters. The minimum Gasteiger partial charge on any atom is -0.456 e. The molecular weight excluding hydrogens is 496 g/mol. The SMILES string of the molecule is CC1(c2ccccc2)c2cc(-c3cc4c5c(cccc5c3)-c3ccccc3O4)ccc2-c2c1ccc1ccccc21. The van der Waals surface area contributed by atoms with Crippen LogP contribution >= 0.6 is 0 Å². The molecule has 0 saturated carbocycles. The Morgan fingerprint density at radius 2 is 1.27 bits per heavy atom. The average Bonchev–Trinajstić information content (AvgIpc) is 3.30. The smallest absolute Gasteiger partial charge is 0.136 e. The molecule has 1 aliphatic carbocycles. The predicted molar refractivity (Wildman–Crippen MR) is 170 cm³/mol. The van der Waals surface area contributed by atoms with Gasteiger partial charge in [0.05, 0.1) is 0 Å². The molecule has 0 saturated heterocycles. The minimum absolute atomic E-state index is 0.264. The third-order valence-electron chi connectivity index (χ3n) is 9.32. The minimum atomic E-state index is -0.264. The van der Waals surface area contributed by atoms with Crippen molar-refractivity contribution >= 4 is 21.5 Å². The van der Waals surface area contributed by atoms with E-state index in [4.69, 9.17) is 4.74 Å². The maximum Gasteiger partial charge on any atom is 0.136 e. The Hall–Kier alpha value is -5.14. The van der Waals surface area contributed by atoms with E-state index in [0.717, 1.165) is 17.1 Å². The fourth-order valence-corrected chi connectivity index (χ4v) is 7.32. The Balaban J connectivity index is 1.29. The fraction of sp³-hybridized carbons (Fsp3) is 0.0500. The van der Waals surface area contributed by atoms with E-state index < -0.39 is 0 Å². The van der Waals surface area contributed by atoms with Gasteiger partial charge in [-0.3, -0.25) is 0 Å². The lowest BCUT2D eigenvalue weighted by Gasteiger charge is -2.29. The van der Waals surface area contributed by atoms with Crippen LogP contribution in [0.2, 0.25) is 0 Å². The van der Waals surface area contributed by atoms with Crippen LogP contribution in [0.5, 0.6) is 11.5 Å². The molecule has 0 bridgehead atoms. The second-order valence-electron chi connectivity index (χ2n) is 11.4. The Labute approximate surface area is 239 Å². The first-order chi connectivity index (χ1) is 20.2. The van der Waals surface area contributed by atoms with Crippen LogP contribution in [-0.2, 0) is 5.41 Å². The van der Waals surface area contributed by atoms with Crippen molar-refractivity contribution < 1.29 is 4.74 Å². The number of ether oxygens (including phenoxy) is 1. The number of para-hydroxylation sites is 1. The fourth-order valence-electron chi connectivity index (χ4n) is 7.32. The van der Waals surface area contributed by atoms with Gasteiger partial charge in [-0.2, -0.15) is 0 Å². The third-order valence-corrected chi connectivity index (χ3v) is 9.32. The Kier molecular flexibility index (Phi) is 4.52. The topological polar surface area (TPSA) is 9.23 Å². The van der Waals surface area contributed by atoms with Crippen LogP contribution in [0.3, 0.4) is 0 Å². The summed E-state index contributed by atoms with van der Waals surface area (Å²) < 4.78 is 6.51. The van der Waals surface area contributed by atoms with Crippen LogP contribution in [-0.4, -0.2) is 0 Å². The van der Waals surface area contributed by atoms with E-state index in [2.05, 4.69) is 140 Å². The van der Waals surface area contributed by atoms with Gasteiger partial charge < -0.3 is 4.74 Å². The highest BCUT2D eigenvalue weighted by molar-refractivity contribution is 6.07. The van der Waals surface area contributed by atoms with Gasteiger partial charge in [-0.25, -0.2) is 0 Å². The molecule has 1 heteroatoms. The van der Waals surface area contributed by atoms with Gasteiger partial charge in [-0.15, -0.1) is 0 Å². The van der Waals surface area contributed by atoms with Crippen molar-refractivity contribution in [3.05, 3.63) is 156 Å². The Morgan fingerprint density at radius 3 is 2.20 bits per heavy atom. The van der Waals surface area contributed by atoms with Crippen molar-refractivity contribution in [3.8, 4) is 44.9 Å². The largest absolute Gasteiger partial charge is 0.456 e. The van der Waals surface area contributed by atoms with Crippen LogP contribution in [0.1, 0.15) is 23.6 Å². The highest BCUT2D eigenvalue weighted by atomic mass is 16.5. The molecule has 1 aliphatic heterocycles. The van der Waals surface area contributed by atoms with E-state index >= 15 is 0 Å². The monoisotopic (exact) mass is 522 g/mol. The molecule has 0 N–H and O–H groups in total. The molecule has 1 heterocycles. The lowest BCUT2D eigenvalue weighted by Crippen LogP contribution is -2.22. The van der Waals surface area contributed by atoms with E-state index in [1.807, 2.05) is 6.07 Å². The molecule has 41 heavy (non-hydrogen) atoms. The van der Waals surface area contributed by atoms with Gasteiger partial charge >= 0.3 is 0 Å². The second kappa shape index (κ2) is 8.19. The van der Waals surface area contributed by atoms with E-state index in [1.54, 1.807) is 0 Å². The van der Waals surface area contributed by atoms with E-state index in [9.17, 15) is 0 Å². The summed E-state index contributed by atoms with van der Waals surface area (Å²) in [7, 11) is 0. The van der Waals surface area contributed by atoms with Crippen LogP contribution in [0.15, 0.2) is 140 Å². The van der Waals surface area contributed by atoms with Crippen molar-refractivity contribution in [1.29, 1.82) is 0 Å². The summed E-state index contributed by atoms with van der Waals surface area (Å²) in [6, 6.07) is 50.8. The highest BCUT2D eigenvalue weighted by Crippen LogP contribution is 2.55. The molecule has 2 aliphatic rings. The zero-order chi connectivity index (χ0) is 27.1. The van der Waals surface area contributed by atoms with Gasteiger partial charge in [-0.1, -0.05) is 115 Å². The molecule has 0 aromatic heterocycles. The molecule has 0 amide bonds. The summed E-state index contributed by atoms with van der Waals surface area (Å²) in [6.45, 7) is 2.39. The number of hydrogen-bond acceptors (Lipinski definition) is 1. The molecule has 9 rings (SSSR count). The third kappa shape index (κ3) is 3.06. The first kappa shape index (κ1) is 22.7. The lowest BCUT2D eigenvalue weighted by molar-refractivity contribution is 0.487. The zero-order valence-electron chi connectivity index (χ0n) is 22.7. The first-order valence-electron chi connectivity index (χ1n) is 14.3. The predicted octanol–water partition coefficient (Wildman–Crippen LogP) is 10.8. The van der Waals surface area contributed by atoms with Crippen LogP contribution in [0, 0.1) is 0 Å². The van der Waals surface area contributed by atoms with Crippen LogP contribution in [0.25, 0.3) is 54.9 Å². The maximum atomic E-state index is 6.51. The molecule has 0 radical (unpaired) electrons. The molecule has 7 aromatic rings. The standard InChI is InChI=1S/C40H26O/c1-40(29-12-3-2-4-13-29)34-21-19-25-10-5-6-14-30(25)39(34)33-20-18-26(23-35(33)40)28-22-27-11-9-16-32-31-15-7-8-17-36(31)41-37(24-28)38(27)32/h2-24H,1H3. The van der Waals surface area contributed by atoms with Crippen molar-refractivity contribution in [2.75, 3.05) is 0 Å². The number of benzene rings is 7. The second-order valence-corrected chi connectivity index (χ2v) is 11.4. The van der Waals surface area contributed by atoms with Crippen molar-refractivity contribution in [2.45, 2.75) is 12.3 Å². The number of rotatable bonds is 2. The Bertz CT molecular complexity index is 2190. The Morgan fingerprint density at radius 1 is 0.488 bits per heavy atom. The molecule has 0 fully saturated rings. The number of hydrogen-bond donors (Lipinski definition) is 0. The van der Waals surface area contributed by atoms with Gasteiger partial charge in [0.2, 0.25) is 0 Å². The summed E-state index contributed by atoms with van der Waals surface area (Å²) in [5.74, 6) is 1.84. The van der Waals surface area contributed by atoms with Gasteiger partial charge in [0, 0.05) is 16.4 Å². The van der Waals surface area contributed by atoms with Crippen molar-refractivity contribution in [3.63, 3.8) is 0 Å². The van der Waals surface area contributed by atoms with E-state index in [-0.39, 0.29) is 5.41 Å². The number of fused-ring (bicyclic) bond motifs is 7. The molecule has 1 unspecified atom stereocenters. The summed E-state index contributed by atoms with van der Waals surface area (Å²) in [6.07, 6.45) is 0. The van der Waals surface area contributed by atoms with Gasteiger partial charge in [0.25, 0.3) is 0 Å². The van der Waals surface area contributed by atoms with E-state index in [1.165, 1.54) is 66.1 Å². The molecule has 192 valence electrons. The molecular formula is C40H26O. The molecule has 7 aromatic carbocycles. The van der Waals surface area contributed by atoms with Crippen LogP contribution < -0.4 is 4.74 Å². The van der Waals surface area contributed by atoms with Gasteiger partial charge in [0.15, 0.2) is 0 Å². The quantitative estimate of drug-likeness (QED) is 0.219. The lowest BCUT2D eigenvalue weighted by atomic mass is 9.73. The highest BCUT2D eigenvalue weighted by Gasteiger charge is 2.41. The average molecular weight is 523 g/mol. The summed E-state index contributed by atoms with van der Waals surface area (Å²) in [5.41, 5.74) is 11.2. The zero-order valence-corrected chi connectivity index (χ0v) is 22.7. The summed E-state index contributed by atoms with van der Waals surface area (Å²) >= 11 is 0. The first-order valence-corrected chi connectivity index (χ1v) is 14.3. The summed E-state index contributed by atoms with van der Waals surface area (Å²) in [5, 5.41) is 4.98. The summed E-state index contributed by atoms with van der Waals surface area (Å²) in [4.78, 5) is 0. The van der Waals surface area contributed by atoms with Gasteiger partial charge in [-0.05, 0) is 91.9 Å².